The van der Waals surface area contributed by atoms with Crippen LogP contribution in [-0.2, 0) is 4.74 Å². The average Bonchev–Trinajstić information content (AvgIpc) is 3.40. The van der Waals surface area contributed by atoms with Crippen LogP contribution in [-0.4, -0.2) is 88.3 Å². The zero-order valence-electron chi connectivity index (χ0n) is 23.6. The van der Waals surface area contributed by atoms with E-state index in [0.717, 1.165) is 19.4 Å². The fraction of sp³-hybridized carbons (Fsp3) is 0.679. The van der Waals surface area contributed by atoms with Crippen molar-refractivity contribution in [2.45, 2.75) is 82.2 Å². The number of β-amino-alcohol motifs (C(OH)–C–C–N with tert-alkyl or cyclic N) is 1. The molecule has 13 heteroatoms. The third kappa shape index (κ3) is 6.51. The van der Waals surface area contributed by atoms with E-state index in [1.165, 1.54) is 6.07 Å². The van der Waals surface area contributed by atoms with Crippen molar-refractivity contribution in [2.24, 2.45) is 0 Å². The van der Waals surface area contributed by atoms with E-state index in [0.29, 0.717) is 32.4 Å². The first-order chi connectivity index (χ1) is 19.3. The highest BCUT2D eigenvalue weighted by Gasteiger charge is 2.49. The highest BCUT2D eigenvalue weighted by molar-refractivity contribution is 9.10. The van der Waals surface area contributed by atoms with Crippen LogP contribution in [0.4, 0.5) is 23.8 Å². The Hall–Kier alpha value is -2.38. The second-order valence-corrected chi connectivity index (χ2v) is 13.3. The lowest BCUT2D eigenvalue weighted by atomic mass is 9.89. The normalized spacial score (nSPS) is 26.8. The summed E-state index contributed by atoms with van der Waals surface area (Å²) in [5, 5.41) is 14.2. The number of ether oxygens (including phenoxy) is 2. The Labute approximate surface area is 245 Å². The molecule has 1 aromatic carbocycles. The van der Waals surface area contributed by atoms with Gasteiger partial charge in [-0.15, -0.1) is 0 Å². The zero-order chi connectivity index (χ0) is 29.6. The number of hydrogen-bond donors (Lipinski definition) is 2. The van der Waals surface area contributed by atoms with E-state index < -0.39 is 40.6 Å². The fourth-order valence-electron chi connectivity index (χ4n) is 6.30. The largest absolute Gasteiger partial charge is 0.461 e. The fourth-order valence-corrected chi connectivity index (χ4v) is 6.60. The first-order valence-electron chi connectivity index (χ1n) is 14.1. The maximum absolute atomic E-state index is 15.3. The van der Waals surface area contributed by atoms with Gasteiger partial charge in [-0.05, 0) is 81.4 Å². The first kappa shape index (κ1) is 30.1. The lowest BCUT2D eigenvalue weighted by Crippen LogP contribution is -2.50. The minimum atomic E-state index is -1.19. The molecule has 0 bridgehead atoms. The lowest BCUT2D eigenvalue weighted by Gasteiger charge is -2.40. The summed E-state index contributed by atoms with van der Waals surface area (Å²) in [7, 11) is 0. The number of anilines is 1. The van der Waals surface area contributed by atoms with Gasteiger partial charge in [-0.3, -0.25) is 4.90 Å². The van der Waals surface area contributed by atoms with E-state index >= 15 is 4.39 Å². The Bertz CT molecular complexity index is 1310. The standard InChI is InChI=1S/C28H37BrF3N5O4/c1-26(2,3)41-25(38)33-9-8-28(39)7-5-10-36(15-28)23-18-12-19(31)20(29)21(32)22(18)34-24(35-23)40-16-27-6-4-11-37(27)14-17(30)13-27/h12,17,39H,4-11,13-16H2,1-3H3,(H,33,38)/t17-,27+,28?/m1/s1. The van der Waals surface area contributed by atoms with Gasteiger partial charge in [0.1, 0.15) is 35.5 Å². The summed E-state index contributed by atoms with van der Waals surface area (Å²) in [6, 6.07) is 1.08. The Morgan fingerprint density at radius 2 is 2.00 bits per heavy atom. The molecule has 1 aromatic heterocycles. The van der Waals surface area contributed by atoms with Crippen LogP contribution in [0.3, 0.4) is 0 Å². The topological polar surface area (TPSA) is 100 Å². The Balaban J connectivity index is 1.38. The van der Waals surface area contributed by atoms with Gasteiger partial charge >= 0.3 is 12.1 Å². The van der Waals surface area contributed by atoms with Crippen LogP contribution in [0.1, 0.15) is 59.3 Å². The highest BCUT2D eigenvalue weighted by Crippen LogP contribution is 2.41. The molecule has 5 rings (SSSR count). The summed E-state index contributed by atoms with van der Waals surface area (Å²) in [5.74, 6) is -1.44. The first-order valence-corrected chi connectivity index (χ1v) is 14.9. The molecule has 0 spiro atoms. The van der Waals surface area contributed by atoms with Crippen molar-refractivity contribution in [1.29, 1.82) is 0 Å². The number of amides is 1. The summed E-state index contributed by atoms with van der Waals surface area (Å²) >= 11 is 2.96. The number of nitrogens with one attached hydrogen (secondary N) is 1. The number of aliphatic hydroxyl groups is 1. The maximum Gasteiger partial charge on any atom is 0.407 e. The summed E-state index contributed by atoms with van der Waals surface area (Å²) in [4.78, 5) is 24.8. The summed E-state index contributed by atoms with van der Waals surface area (Å²) < 4.78 is 55.2. The highest BCUT2D eigenvalue weighted by atomic mass is 79.9. The molecular formula is C28H37BrF3N5O4. The van der Waals surface area contributed by atoms with Crippen LogP contribution in [0.2, 0.25) is 0 Å². The molecule has 3 aliphatic rings. The molecule has 9 nitrogen and oxygen atoms in total. The monoisotopic (exact) mass is 643 g/mol. The van der Waals surface area contributed by atoms with Gasteiger partial charge in [0, 0.05) is 38.0 Å². The van der Waals surface area contributed by atoms with E-state index in [1.54, 1.807) is 25.7 Å². The number of hydrogen-bond acceptors (Lipinski definition) is 8. The number of benzene rings is 1. The minimum Gasteiger partial charge on any atom is -0.461 e. The second kappa shape index (κ2) is 11.4. The van der Waals surface area contributed by atoms with Crippen molar-refractivity contribution >= 4 is 38.7 Å². The van der Waals surface area contributed by atoms with Gasteiger partial charge in [0.25, 0.3) is 0 Å². The molecule has 1 unspecified atom stereocenters. The van der Waals surface area contributed by atoms with Crippen molar-refractivity contribution in [3.8, 4) is 6.01 Å². The molecule has 2 aromatic rings. The quantitative estimate of drug-likeness (QED) is 0.412. The summed E-state index contributed by atoms with van der Waals surface area (Å²) in [5.41, 5.74) is -2.40. The van der Waals surface area contributed by atoms with Gasteiger partial charge in [-0.25, -0.2) is 18.0 Å². The van der Waals surface area contributed by atoms with Gasteiger partial charge in [0.05, 0.1) is 15.6 Å². The van der Waals surface area contributed by atoms with Gasteiger partial charge in [0.15, 0.2) is 5.82 Å². The van der Waals surface area contributed by atoms with Crippen molar-refractivity contribution < 1.29 is 32.5 Å². The predicted octanol–water partition coefficient (Wildman–Crippen LogP) is 4.87. The SMILES string of the molecule is CC(C)(C)OC(=O)NCCC1(O)CCCN(c2nc(OC[C@@]34CCCN3C[C@H](F)C4)nc3c(F)c(Br)c(F)cc23)C1. The average molecular weight is 645 g/mol. The second-order valence-electron chi connectivity index (χ2n) is 12.5. The van der Waals surface area contributed by atoms with Crippen LogP contribution in [0.15, 0.2) is 10.5 Å². The van der Waals surface area contributed by atoms with Gasteiger partial charge in [-0.1, -0.05) is 0 Å². The van der Waals surface area contributed by atoms with Crippen LogP contribution in [0, 0.1) is 11.6 Å². The van der Waals surface area contributed by atoms with Crippen molar-refractivity contribution in [3.05, 3.63) is 22.2 Å². The Morgan fingerprint density at radius 1 is 1.24 bits per heavy atom. The van der Waals surface area contributed by atoms with Gasteiger partial charge < -0.3 is 24.8 Å². The van der Waals surface area contributed by atoms with Gasteiger partial charge in [0.2, 0.25) is 0 Å². The van der Waals surface area contributed by atoms with E-state index in [9.17, 15) is 18.7 Å². The lowest BCUT2D eigenvalue weighted by molar-refractivity contribution is 0.0157. The molecule has 0 aliphatic carbocycles. The van der Waals surface area contributed by atoms with E-state index in [4.69, 9.17) is 9.47 Å². The molecule has 2 N–H and O–H groups in total. The van der Waals surface area contributed by atoms with E-state index in [2.05, 4.69) is 36.1 Å². The third-order valence-corrected chi connectivity index (χ3v) is 8.86. The van der Waals surface area contributed by atoms with Crippen LogP contribution < -0.4 is 15.0 Å². The number of alkyl carbamates (subject to hydrolysis) is 1. The molecule has 3 fully saturated rings. The molecule has 1 amide bonds. The van der Waals surface area contributed by atoms with Crippen molar-refractivity contribution in [2.75, 3.05) is 44.2 Å². The molecule has 0 saturated carbocycles. The minimum absolute atomic E-state index is 0.0888. The summed E-state index contributed by atoms with van der Waals surface area (Å²) in [6.07, 6.45) is 1.88. The number of piperidine rings is 1. The molecule has 3 aliphatic heterocycles. The third-order valence-electron chi connectivity index (χ3n) is 8.13. The number of nitrogens with zero attached hydrogens (tertiary/aromatic N) is 4. The molecule has 3 atom stereocenters. The molecule has 226 valence electrons. The van der Waals surface area contributed by atoms with Crippen LogP contribution in [0.5, 0.6) is 6.01 Å². The number of rotatable bonds is 7. The smallest absolute Gasteiger partial charge is 0.407 e. The molecule has 3 saturated heterocycles. The summed E-state index contributed by atoms with van der Waals surface area (Å²) in [6.45, 7) is 7.40. The van der Waals surface area contributed by atoms with Gasteiger partial charge in [-0.2, -0.15) is 9.97 Å². The Kier molecular flexibility index (Phi) is 8.34. The number of carbonyl (C=O) groups excluding carboxylic acids is 1. The zero-order valence-corrected chi connectivity index (χ0v) is 25.2. The van der Waals surface area contributed by atoms with Crippen molar-refractivity contribution in [3.63, 3.8) is 0 Å². The molecule has 0 radical (unpaired) electrons. The van der Waals surface area contributed by atoms with Crippen LogP contribution in [0.25, 0.3) is 10.9 Å². The molecule has 4 heterocycles. The van der Waals surface area contributed by atoms with E-state index in [1.807, 2.05) is 0 Å². The van der Waals surface area contributed by atoms with Crippen molar-refractivity contribution in [1.82, 2.24) is 20.2 Å². The number of halogens is 4. The number of alkyl halides is 1. The Morgan fingerprint density at radius 3 is 2.76 bits per heavy atom. The number of carbonyl (C=O) groups is 1. The number of aromatic nitrogens is 2. The molecule has 41 heavy (non-hydrogen) atoms. The predicted molar refractivity (Wildman–Crippen MR) is 151 cm³/mol. The van der Waals surface area contributed by atoms with Crippen LogP contribution >= 0.6 is 15.9 Å². The van der Waals surface area contributed by atoms with E-state index in [-0.39, 0.29) is 53.3 Å². The maximum atomic E-state index is 15.3. The molecular weight excluding hydrogens is 607 g/mol. The number of fused-ring (bicyclic) bond motifs is 2.